The van der Waals surface area contributed by atoms with Crippen LogP contribution >= 0.6 is 0 Å². The Morgan fingerprint density at radius 1 is 1.50 bits per heavy atom. The number of ketones is 1. The van der Waals surface area contributed by atoms with Gasteiger partial charge in [0.25, 0.3) is 0 Å². The Morgan fingerprint density at radius 2 is 2.33 bits per heavy atom. The third kappa shape index (κ3) is 0.990. The summed E-state index contributed by atoms with van der Waals surface area (Å²) in [6.07, 6.45) is 2.76. The van der Waals surface area contributed by atoms with Crippen molar-refractivity contribution in [2.24, 2.45) is 0 Å². The van der Waals surface area contributed by atoms with Crippen molar-refractivity contribution in [2.45, 2.75) is 6.42 Å². The summed E-state index contributed by atoms with van der Waals surface area (Å²) in [5.74, 6) is -0.347. The SMILES string of the molecule is O=C1CC(=O)N(c2ncco2)C1. The number of carbonyl (C=O) groups excluding carboxylic acids is 2. The third-order valence-electron chi connectivity index (χ3n) is 1.63. The first-order valence-corrected chi connectivity index (χ1v) is 3.49. The van der Waals surface area contributed by atoms with Gasteiger partial charge in [0.1, 0.15) is 6.26 Å². The highest BCUT2D eigenvalue weighted by Crippen LogP contribution is 2.16. The molecule has 0 N–H and O–H groups in total. The molecule has 1 aromatic heterocycles. The summed E-state index contributed by atoms with van der Waals surface area (Å²) in [4.78, 5) is 26.9. The molecule has 1 amide bonds. The van der Waals surface area contributed by atoms with Crippen LogP contribution in [0.3, 0.4) is 0 Å². The van der Waals surface area contributed by atoms with E-state index >= 15 is 0 Å². The van der Waals surface area contributed by atoms with Crippen molar-refractivity contribution in [3.8, 4) is 0 Å². The summed E-state index contributed by atoms with van der Waals surface area (Å²) in [5, 5.41) is 0. The van der Waals surface area contributed by atoms with Gasteiger partial charge in [-0.1, -0.05) is 0 Å². The standard InChI is InChI=1S/C7H6N2O3/c10-5-3-6(11)9(4-5)7-8-1-2-12-7/h1-2H,3-4H2. The van der Waals surface area contributed by atoms with Crippen LogP contribution < -0.4 is 4.90 Å². The van der Waals surface area contributed by atoms with E-state index in [0.29, 0.717) is 0 Å². The smallest absolute Gasteiger partial charge is 0.304 e. The number of anilines is 1. The molecule has 1 saturated heterocycles. The van der Waals surface area contributed by atoms with Crippen LogP contribution in [0.5, 0.6) is 0 Å². The van der Waals surface area contributed by atoms with Crippen molar-refractivity contribution in [2.75, 3.05) is 11.4 Å². The predicted octanol–water partition coefficient (Wildman–Crippen LogP) is -0.0196. The van der Waals surface area contributed by atoms with Gasteiger partial charge in [0.2, 0.25) is 5.91 Å². The van der Waals surface area contributed by atoms with Gasteiger partial charge in [-0.25, -0.2) is 4.98 Å². The van der Waals surface area contributed by atoms with Crippen LogP contribution in [-0.2, 0) is 9.59 Å². The Labute approximate surface area is 68.0 Å². The van der Waals surface area contributed by atoms with Crippen molar-refractivity contribution in [1.29, 1.82) is 0 Å². The Balaban J connectivity index is 2.26. The molecule has 0 radical (unpaired) electrons. The lowest BCUT2D eigenvalue weighted by atomic mass is 10.3. The van der Waals surface area contributed by atoms with Gasteiger partial charge in [-0.05, 0) is 0 Å². The zero-order valence-corrected chi connectivity index (χ0v) is 6.19. The van der Waals surface area contributed by atoms with Crippen molar-refractivity contribution >= 4 is 17.7 Å². The monoisotopic (exact) mass is 166 g/mol. The molecule has 0 aromatic carbocycles. The lowest BCUT2D eigenvalue weighted by Crippen LogP contribution is -2.24. The maximum absolute atomic E-state index is 11.1. The Kier molecular flexibility index (Phi) is 1.43. The van der Waals surface area contributed by atoms with Crippen LogP contribution in [0.1, 0.15) is 6.42 Å². The normalized spacial score (nSPS) is 17.5. The zero-order valence-electron chi connectivity index (χ0n) is 6.19. The minimum absolute atomic E-state index is 0.0393. The van der Waals surface area contributed by atoms with Crippen LogP contribution in [0.4, 0.5) is 6.01 Å². The Hall–Kier alpha value is -1.65. The second-order valence-corrected chi connectivity index (χ2v) is 2.51. The van der Waals surface area contributed by atoms with Gasteiger partial charge in [0, 0.05) is 0 Å². The second-order valence-electron chi connectivity index (χ2n) is 2.51. The number of hydrogen-bond donors (Lipinski definition) is 0. The van der Waals surface area contributed by atoms with E-state index in [2.05, 4.69) is 4.98 Å². The summed E-state index contributed by atoms with van der Waals surface area (Å²) in [6, 6.07) is 0.200. The molecule has 12 heavy (non-hydrogen) atoms. The highest BCUT2D eigenvalue weighted by Gasteiger charge is 2.30. The molecule has 2 heterocycles. The molecule has 5 heteroatoms. The molecule has 5 nitrogen and oxygen atoms in total. The van der Waals surface area contributed by atoms with E-state index < -0.39 is 0 Å². The molecule has 0 aliphatic carbocycles. The molecule has 0 bridgehead atoms. The Bertz CT molecular complexity index is 317. The van der Waals surface area contributed by atoms with Gasteiger partial charge >= 0.3 is 6.01 Å². The zero-order chi connectivity index (χ0) is 8.55. The summed E-state index contributed by atoms with van der Waals surface area (Å²) < 4.78 is 4.88. The lowest BCUT2D eigenvalue weighted by molar-refractivity contribution is -0.121. The van der Waals surface area contributed by atoms with E-state index in [9.17, 15) is 9.59 Å². The molecule has 1 fully saturated rings. The number of carbonyl (C=O) groups is 2. The maximum atomic E-state index is 11.1. The minimum atomic E-state index is -0.248. The fourth-order valence-corrected chi connectivity index (χ4v) is 1.11. The predicted molar refractivity (Wildman–Crippen MR) is 38.5 cm³/mol. The molecule has 0 atom stereocenters. The average Bonchev–Trinajstić information content (AvgIpc) is 2.58. The van der Waals surface area contributed by atoms with Gasteiger partial charge in [0.05, 0.1) is 19.2 Å². The molecular weight excluding hydrogens is 160 g/mol. The number of aromatic nitrogens is 1. The van der Waals surface area contributed by atoms with Gasteiger partial charge in [-0.15, -0.1) is 0 Å². The first kappa shape index (κ1) is 7.02. The van der Waals surface area contributed by atoms with Crippen molar-refractivity contribution < 1.29 is 14.0 Å². The number of hydrogen-bond acceptors (Lipinski definition) is 4. The average molecular weight is 166 g/mol. The number of amides is 1. The number of oxazole rings is 1. The van der Waals surface area contributed by atoms with Crippen LogP contribution in [0.25, 0.3) is 0 Å². The van der Waals surface area contributed by atoms with Crippen LogP contribution in [0.15, 0.2) is 16.9 Å². The number of rotatable bonds is 1. The van der Waals surface area contributed by atoms with E-state index in [0.717, 1.165) is 0 Å². The fraction of sp³-hybridized carbons (Fsp3) is 0.286. The molecule has 0 spiro atoms. The van der Waals surface area contributed by atoms with E-state index in [1.807, 2.05) is 0 Å². The quantitative estimate of drug-likeness (QED) is 0.550. The van der Waals surface area contributed by atoms with Gasteiger partial charge in [-0.3, -0.25) is 14.5 Å². The molecule has 0 saturated carbocycles. The molecule has 1 aliphatic rings. The van der Waals surface area contributed by atoms with Crippen molar-refractivity contribution in [3.05, 3.63) is 12.5 Å². The van der Waals surface area contributed by atoms with Crippen LogP contribution in [0.2, 0.25) is 0 Å². The van der Waals surface area contributed by atoms with Crippen molar-refractivity contribution in [3.63, 3.8) is 0 Å². The molecule has 1 aromatic rings. The lowest BCUT2D eigenvalue weighted by Gasteiger charge is -2.06. The first-order chi connectivity index (χ1) is 5.77. The molecule has 2 rings (SSSR count). The van der Waals surface area contributed by atoms with E-state index in [-0.39, 0.29) is 30.7 Å². The summed E-state index contributed by atoms with van der Waals surface area (Å²) in [6.45, 7) is 0.0827. The number of Topliss-reactive ketones (excluding diaryl/α,β-unsaturated/α-hetero) is 1. The van der Waals surface area contributed by atoms with E-state index in [1.54, 1.807) is 0 Å². The molecule has 62 valence electrons. The third-order valence-corrected chi connectivity index (χ3v) is 1.63. The van der Waals surface area contributed by atoms with E-state index in [1.165, 1.54) is 17.4 Å². The maximum Gasteiger partial charge on any atom is 0.304 e. The Morgan fingerprint density at radius 3 is 2.83 bits per heavy atom. The fourth-order valence-electron chi connectivity index (χ4n) is 1.11. The summed E-state index contributed by atoms with van der Waals surface area (Å²) in [7, 11) is 0. The van der Waals surface area contributed by atoms with Gasteiger partial charge in [-0.2, -0.15) is 0 Å². The molecule has 1 aliphatic heterocycles. The van der Waals surface area contributed by atoms with Crippen LogP contribution in [0, 0.1) is 0 Å². The minimum Gasteiger partial charge on any atom is -0.432 e. The van der Waals surface area contributed by atoms with Crippen LogP contribution in [-0.4, -0.2) is 23.2 Å². The first-order valence-electron chi connectivity index (χ1n) is 3.49. The van der Waals surface area contributed by atoms with E-state index in [4.69, 9.17) is 4.42 Å². The highest BCUT2D eigenvalue weighted by atomic mass is 16.4. The topological polar surface area (TPSA) is 63.4 Å². The highest BCUT2D eigenvalue weighted by molar-refractivity contribution is 6.14. The summed E-state index contributed by atoms with van der Waals surface area (Å²) >= 11 is 0. The molecular formula is C7H6N2O3. The molecule has 0 unspecified atom stereocenters. The summed E-state index contributed by atoms with van der Waals surface area (Å²) in [5.41, 5.74) is 0. The largest absolute Gasteiger partial charge is 0.432 e. The van der Waals surface area contributed by atoms with Gasteiger partial charge in [0.15, 0.2) is 5.78 Å². The number of nitrogens with zero attached hydrogens (tertiary/aromatic N) is 2. The van der Waals surface area contributed by atoms with Gasteiger partial charge < -0.3 is 4.42 Å². The second kappa shape index (κ2) is 2.44. The van der Waals surface area contributed by atoms with Crippen molar-refractivity contribution in [1.82, 2.24) is 4.98 Å².